The van der Waals surface area contributed by atoms with Crippen molar-refractivity contribution < 1.29 is 13.6 Å². The van der Waals surface area contributed by atoms with Crippen LogP contribution < -0.4 is 4.90 Å². The summed E-state index contributed by atoms with van der Waals surface area (Å²) in [6.07, 6.45) is 0. The molecule has 3 rings (SSSR count). The molecule has 0 aliphatic heterocycles. The van der Waals surface area contributed by atoms with Gasteiger partial charge in [-0.05, 0) is 38.2 Å². The number of aromatic nitrogens is 1. The average Bonchev–Trinajstić information content (AvgIpc) is 3.14. The van der Waals surface area contributed by atoms with Gasteiger partial charge in [-0.15, -0.1) is 24.2 Å². The summed E-state index contributed by atoms with van der Waals surface area (Å²) in [7, 11) is 0. The van der Waals surface area contributed by atoms with Gasteiger partial charge in [0.05, 0.1) is 10.5 Å². The highest BCUT2D eigenvalue weighted by molar-refractivity contribution is 8.00. The van der Waals surface area contributed by atoms with Gasteiger partial charge in [0.15, 0.2) is 10.9 Å². The maximum absolute atomic E-state index is 14.1. The highest BCUT2D eigenvalue weighted by Gasteiger charge is 2.22. The summed E-state index contributed by atoms with van der Waals surface area (Å²) >= 11 is 2.60. The van der Waals surface area contributed by atoms with Crippen LogP contribution in [0.25, 0.3) is 10.2 Å². The second kappa shape index (κ2) is 11.8. The van der Waals surface area contributed by atoms with Gasteiger partial charge in [0.25, 0.3) is 0 Å². The van der Waals surface area contributed by atoms with Gasteiger partial charge in [-0.1, -0.05) is 42.9 Å². The molecule has 0 aliphatic carbocycles. The molecule has 4 nitrogen and oxygen atoms in total. The van der Waals surface area contributed by atoms with Crippen LogP contribution in [0, 0.1) is 18.6 Å². The highest BCUT2D eigenvalue weighted by Crippen LogP contribution is 2.32. The molecule has 0 N–H and O–H groups in total. The topological polar surface area (TPSA) is 36.4 Å². The van der Waals surface area contributed by atoms with E-state index in [9.17, 15) is 13.6 Å². The number of benzene rings is 2. The van der Waals surface area contributed by atoms with Crippen LogP contribution in [0.5, 0.6) is 0 Å². The molecule has 0 saturated carbocycles. The molecule has 1 aromatic heterocycles. The molecule has 0 saturated heterocycles. The van der Waals surface area contributed by atoms with Crippen molar-refractivity contribution in [1.82, 2.24) is 9.88 Å². The van der Waals surface area contributed by atoms with Crippen LogP contribution in [0.2, 0.25) is 0 Å². The number of nitrogens with zero attached hydrogens (tertiary/aromatic N) is 3. The predicted octanol–water partition coefficient (Wildman–Crippen LogP) is 5.77. The van der Waals surface area contributed by atoms with Gasteiger partial charge in [0.2, 0.25) is 5.91 Å². The number of carbonyl (C=O) groups is 1. The Morgan fingerprint density at radius 2 is 1.77 bits per heavy atom. The molecule has 9 heteroatoms. The molecule has 2 aromatic carbocycles. The fourth-order valence-corrected chi connectivity index (χ4v) is 4.85. The zero-order valence-corrected chi connectivity index (χ0v) is 20.2. The third kappa shape index (κ3) is 6.62. The third-order valence-electron chi connectivity index (χ3n) is 4.85. The SMILES string of the molecule is CCN(CC)CCN(C(=O)CSc1ccc(C)cc1)c1nc2c(F)cc(F)cc2s1.Cl. The first kappa shape index (κ1) is 25.5. The molecule has 0 bridgehead atoms. The number of anilines is 1. The molecule has 0 atom stereocenters. The van der Waals surface area contributed by atoms with Crippen LogP contribution >= 0.6 is 35.5 Å². The lowest BCUT2D eigenvalue weighted by molar-refractivity contribution is -0.116. The fourth-order valence-electron chi connectivity index (χ4n) is 3.03. The zero-order chi connectivity index (χ0) is 21.7. The molecule has 3 aromatic rings. The minimum atomic E-state index is -0.710. The summed E-state index contributed by atoms with van der Waals surface area (Å²) < 4.78 is 28.1. The summed E-state index contributed by atoms with van der Waals surface area (Å²) in [6, 6.07) is 10.1. The van der Waals surface area contributed by atoms with Crippen LogP contribution in [0.15, 0.2) is 41.3 Å². The van der Waals surface area contributed by atoms with Crippen molar-refractivity contribution in [2.45, 2.75) is 25.7 Å². The minimum absolute atomic E-state index is 0. The van der Waals surface area contributed by atoms with Gasteiger partial charge in [0, 0.05) is 24.1 Å². The van der Waals surface area contributed by atoms with E-state index >= 15 is 0 Å². The van der Waals surface area contributed by atoms with Gasteiger partial charge in [-0.3, -0.25) is 9.69 Å². The average molecular weight is 486 g/mol. The lowest BCUT2D eigenvalue weighted by Crippen LogP contribution is -2.39. The Kier molecular flexibility index (Phi) is 9.68. The minimum Gasteiger partial charge on any atom is -0.302 e. The van der Waals surface area contributed by atoms with E-state index in [1.807, 2.05) is 31.2 Å². The summed E-state index contributed by atoms with van der Waals surface area (Å²) in [5.41, 5.74) is 1.26. The number of hydrogen-bond acceptors (Lipinski definition) is 5. The Bertz CT molecular complexity index is 1010. The number of fused-ring (bicyclic) bond motifs is 1. The fraction of sp³-hybridized carbons (Fsp3) is 0.364. The molecule has 0 spiro atoms. The van der Waals surface area contributed by atoms with Gasteiger partial charge < -0.3 is 4.90 Å². The zero-order valence-electron chi connectivity index (χ0n) is 17.7. The first-order chi connectivity index (χ1) is 14.4. The quantitative estimate of drug-likeness (QED) is 0.360. The number of halogens is 3. The van der Waals surface area contributed by atoms with Gasteiger partial charge in [-0.25, -0.2) is 13.8 Å². The molecule has 1 heterocycles. The summed E-state index contributed by atoms with van der Waals surface area (Å²) in [6.45, 7) is 9.02. The van der Waals surface area contributed by atoms with Crippen LogP contribution in [0.3, 0.4) is 0 Å². The van der Waals surface area contributed by atoms with E-state index in [4.69, 9.17) is 0 Å². The molecule has 168 valence electrons. The van der Waals surface area contributed by atoms with E-state index in [2.05, 4.69) is 23.7 Å². The van der Waals surface area contributed by atoms with Crippen molar-refractivity contribution in [2.24, 2.45) is 0 Å². The van der Waals surface area contributed by atoms with E-state index in [-0.39, 0.29) is 29.6 Å². The van der Waals surface area contributed by atoms with Crippen molar-refractivity contribution in [3.05, 3.63) is 53.6 Å². The molecular weight excluding hydrogens is 460 g/mol. The Labute approximate surface area is 196 Å². The molecule has 0 aliphatic rings. The number of thiazole rings is 1. The first-order valence-electron chi connectivity index (χ1n) is 9.89. The van der Waals surface area contributed by atoms with E-state index in [0.29, 0.717) is 22.9 Å². The van der Waals surface area contributed by atoms with E-state index in [0.717, 1.165) is 41.0 Å². The van der Waals surface area contributed by atoms with Crippen molar-refractivity contribution in [1.29, 1.82) is 0 Å². The summed E-state index contributed by atoms with van der Waals surface area (Å²) in [5.74, 6) is -1.22. The van der Waals surface area contributed by atoms with Crippen LogP contribution in [-0.4, -0.2) is 47.7 Å². The Balaban J connectivity index is 0.00000341. The molecule has 0 unspecified atom stereocenters. The second-order valence-electron chi connectivity index (χ2n) is 6.90. The second-order valence-corrected chi connectivity index (χ2v) is 8.96. The number of thioether (sulfide) groups is 1. The molecule has 1 amide bonds. The van der Waals surface area contributed by atoms with Crippen molar-refractivity contribution in [2.75, 3.05) is 36.8 Å². The highest BCUT2D eigenvalue weighted by atomic mass is 35.5. The molecule has 31 heavy (non-hydrogen) atoms. The van der Waals surface area contributed by atoms with E-state index in [1.165, 1.54) is 17.8 Å². The monoisotopic (exact) mass is 485 g/mol. The Morgan fingerprint density at radius 3 is 2.42 bits per heavy atom. The lowest BCUT2D eigenvalue weighted by atomic mass is 10.2. The largest absolute Gasteiger partial charge is 0.302 e. The van der Waals surface area contributed by atoms with Crippen LogP contribution in [-0.2, 0) is 4.79 Å². The van der Waals surface area contributed by atoms with Crippen molar-refractivity contribution in [3.63, 3.8) is 0 Å². The maximum Gasteiger partial charge on any atom is 0.239 e. The third-order valence-corrected chi connectivity index (χ3v) is 6.87. The Morgan fingerprint density at radius 1 is 1.10 bits per heavy atom. The maximum atomic E-state index is 14.1. The predicted molar refractivity (Wildman–Crippen MR) is 129 cm³/mol. The van der Waals surface area contributed by atoms with Gasteiger partial charge in [-0.2, -0.15) is 0 Å². The number of amides is 1. The van der Waals surface area contributed by atoms with Crippen LogP contribution in [0.4, 0.5) is 13.9 Å². The number of hydrogen-bond donors (Lipinski definition) is 0. The van der Waals surface area contributed by atoms with Crippen LogP contribution in [0.1, 0.15) is 19.4 Å². The standard InChI is InChI=1S/C22H25F2N3OS2.ClH/c1-4-26(5-2)10-11-27(20(28)14-29-17-8-6-15(3)7-9-17)22-25-21-18(24)12-16(23)13-19(21)30-22;/h6-9,12-13H,4-5,10-11,14H2,1-3H3;1H. The molecule has 0 radical (unpaired) electrons. The summed E-state index contributed by atoms with van der Waals surface area (Å²) in [4.78, 5) is 22.2. The summed E-state index contributed by atoms with van der Waals surface area (Å²) in [5, 5.41) is 0.399. The van der Waals surface area contributed by atoms with Crippen molar-refractivity contribution >= 4 is 56.8 Å². The number of rotatable bonds is 9. The lowest BCUT2D eigenvalue weighted by Gasteiger charge is -2.24. The van der Waals surface area contributed by atoms with Gasteiger partial charge >= 0.3 is 0 Å². The number of likely N-dealkylation sites (N-methyl/N-ethyl adjacent to an activating group) is 1. The van der Waals surface area contributed by atoms with Gasteiger partial charge in [0.1, 0.15) is 11.3 Å². The molecule has 0 fully saturated rings. The molecular formula is C22H26ClF2N3OS2. The van der Waals surface area contributed by atoms with E-state index < -0.39 is 11.6 Å². The number of carbonyl (C=O) groups excluding carboxylic acids is 1. The number of aryl methyl sites for hydroxylation is 1. The van der Waals surface area contributed by atoms with E-state index in [1.54, 1.807) is 4.90 Å². The smallest absolute Gasteiger partial charge is 0.239 e. The van der Waals surface area contributed by atoms with Crippen molar-refractivity contribution in [3.8, 4) is 0 Å². The Hall–Kier alpha value is -1.74. The normalized spacial score (nSPS) is 11.0. The first-order valence-corrected chi connectivity index (χ1v) is 11.7.